The van der Waals surface area contributed by atoms with Crippen LogP contribution in [0.3, 0.4) is 0 Å². The minimum Gasteiger partial charge on any atom is -0.482 e. The molecule has 2 rings (SSSR count). The van der Waals surface area contributed by atoms with Crippen LogP contribution in [-0.4, -0.2) is 17.1 Å². The molecule has 0 saturated heterocycles. The van der Waals surface area contributed by atoms with Gasteiger partial charge >= 0.3 is 5.69 Å². The predicted octanol–water partition coefficient (Wildman–Crippen LogP) is 3.01. The molecule has 1 aliphatic rings. The fourth-order valence-corrected chi connectivity index (χ4v) is 2.51. The largest absolute Gasteiger partial charge is 0.482 e. The average Bonchev–Trinajstić information content (AvgIpc) is 2.32. The van der Waals surface area contributed by atoms with Crippen molar-refractivity contribution < 1.29 is 9.66 Å². The normalized spacial score (nSPS) is 23.7. The lowest BCUT2D eigenvalue weighted by Gasteiger charge is -2.28. The van der Waals surface area contributed by atoms with Gasteiger partial charge in [-0.05, 0) is 25.3 Å². The molecular formula is C12H15BrN2O3. The van der Waals surface area contributed by atoms with Gasteiger partial charge in [0.05, 0.1) is 4.92 Å². The molecule has 0 aliphatic heterocycles. The molecule has 2 N–H and O–H groups in total. The molecule has 0 heterocycles. The van der Waals surface area contributed by atoms with Crippen LogP contribution in [0.15, 0.2) is 22.7 Å². The minimum absolute atomic E-state index is 0.0176. The van der Waals surface area contributed by atoms with Crippen LogP contribution in [0, 0.1) is 10.1 Å². The van der Waals surface area contributed by atoms with Crippen molar-refractivity contribution in [3.63, 3.8) is 0 Å². The minimum atomic E-state index is -0.434. The summed E-state index contributed by atoms with van der Waals surface area (Å²) in [5.41, 5.74) is 5.97. The fraction of sp³-hybridized carbons (Fsp3) is 0.500. The molecule has 18 heavy (non-hydrogen) atoms. The Bertz CT molecular complexity index is 453. The van der Waals surface area contributed by atoms with E-state index in [0.717, 1.165) is 30.2 Å². The van der Waals surface area contributed by atoms with Crippen molar-refractivity contribution in [1.29, 1.82) is 0 Å². The summed E-state index contributed by atoms with van der Waals surface area (Å²) in [5.74, 6) is 0.289. The summed E-state index contributed by atoms with van der Waals surface area (Å²) >= 11 is 3.29. The Kier molecular flexibility index (Phi) is 4.19. The predicted molar refractivity (Wildman–Crippen MR) is 71.7 cm³/mol. The Morgan fingerprint density at radius 1 is 1.39 bits per heavy atom. The topological polar surface area (TPSA) is 78.4 Å². The van der Waals surface area contributed by atoms with Crippen LogP contribution in [-0.2, 0) is 0 Å². The Labute approximate surface area is 114 Å². The Morgan fingerprint density at radius 2 is 2.11 bits per heavy atom. The molecule has 2 atom stereocenters. The Hall–Kier alpha value is -1.14. The second-order valence-electron chi connectivity index (χ2n) is 4.47. The number of hydrogen-bond donors (Lipinski definition) is 1. The molecule has 6 heteroatoms. The molecule has 1 aromatic carbocycles. The SMILES string of the molecule is NC1CCCCC1Oc1cc(Br)ccc1[N+](=O)[O-]. The molecular weight excluding hydrogens is 300 g/mol. The van der Waals surface area contributed by atoms with Crippen LogP contribution in [0.4, 0.5) is 5.69 Å². The quantitative estimate of drug-likeness (QED) is 0.687. The van der Waals surface area contributed by atoms with Gasteiger partial charge in [0.1, 0.15) is 6.10 Å². The highest BCUT2D eigenvalue weighted by Gasteiger charge is 2.26. The summed E-state index contributed by atoms with van der Waals surface area (Å²) in [6.45, 7) is 0. The van der Waals surface area contributed by atoms with E-state index in [2.05, 4.69) is 15.9 Å². The monoisotopic (exact) mass is 314 g/mol. The Balaban J connectivity index is 2.21. The van der Waals surface area contributed by atoms with Gasteiger partial charge in [0.2, 0.25) is 0 Å². The van der Waals surface area contributed by atoms with Crippen LogP contribution in [0.2, 0.25) is 0 Å². The number of nitrogens with two attached hydrogens (primary N) is 1. The number of nitro benzene ring substituents is 1. The third-order valence-electron chi connectivity index (χ3n) is 3.15. The number of nitrogens with zero attached hydrogens (tertiary/aromatic N) is 1. The van der Waals surface area contributed by atoms with Gasteiger partial charge in [0, 0.05) is 22.6 Å². The maximum absolute atomic E-state index is 10.9. The van der Waals surface area contributed by atoms with Crippen molar-refractivity contribution in [3.8, 4) is 5.75 Å². The molecule has 0 spiro atoms. The van der Waals surface area contributed by atoms with Crippen LogP contribution < -0.4 is 10.5 Å². The summed E-state index contributed by atoms with van der Waals surface area (Å²) in [7, 11) is 0. The van der Waals surface area contributed by atoms with Crippen molar-refractivity contribution in [1.82, 2.24) is 0 Å². The van der Waals surface area contributed by atoms with Gasteiger partial charge in [0.25, 0.3) is 0 Å². The number of benzene rings is 1. The van der Waals surface area contributed by atoms with Crippen LogP contribution in [0.5, 0.6) is 5.75 Å². The smallest absolute Gasteiger partial charge is 0.311 e. The molecule has 1 aromatic rings. The molecule has 1 aliphatic carbocycles. The standard InChI is InChI=1S/C12H15BrN2O3/c13-8-5-6-10(15(16)17)12(7-8)18-11-4-2-1-3-9(11)14/h5-7,9,11H,1-4,14H2. The van der Waals surface area contributed by atoms with E-state index < -0.39 is 4.92 Å². The van der Waals surface area contributed by atoms with E-state index in [1.165, 1.54) is 6.07 Å². The summed E-state index contributed by atoms with van der Waals surface area (Å²) in [6, 6.07) is 4.65. The van der Waals surface area contributed by atoms with Crippen LogP contribution in [0.25, 0.3) is 0 Å². The number of hydrogen-bond acceptors (Lipinski definition) is 4. The molecule has 5 nitrogen and oxygen atoms in total. The van der Waals surface area contributed by atoms with E-state index in [4.69, 9.17) is 10.5 Å². The number of nitro groups is 1. The van der Waals surface area contributed by atoms with Gasteiger partial charge in [-0.3, -0.25) is 10.1 Å². The maximum atomic E-state index is 10.9. The zero-order chi connectivity index (χ0) is 13.1. The zero-order valence-electron chi connectivity index (χ0n) is 9.84. The van der Waals surface area contributed by atoms with Gasteiger partial charge in [-0.15, -0.1) is 0 Å². The van der Waals surface area contributed by atoms with Crippen molar-refractivity contribution in [2.75, 3.05) is 0 Å². The molecule has 1 saturated carbocycles. The van der Waals surface area contributed by atoms with Gasteiger partial charge in [0.15, 0.2) is 5.75 Å². The third kappa shape index (κ3) is 3.00. The fourth-order valence-electron chi connectivity index (χ4n) is 2.17. The summed E-state index contributed by atoms with van der Waals surface area (Å²) in [5, 5.41) is 10.9. The number of ether oxygens (including phenoxy) is 1. The van der Waals surface area contributed by atoms with Crippen molar-refractivity contribution >= 4 is 21.6 Å². The lowest BCUT2D eigenvalue weighted by atomic mass is 9.93. The van der Waals surface area contributed by atoms with E-state index in [9.17, 15) is 10.1 Å². The van der Waals surface area contributed by atoms with Gasteiger partial charge in [-0.1, -0.05) is 22.4 Å². The average molecular weight is 315 g/mol. The first kappa shape index (κ1) is 13.3. The molecule has 2 unspecified atom stereocenters. The van der Waals surface area contributed by atoms with Gasteiger partial charge in [-0.2, -0.15) is 0 Å². The van der Waals surface area contributed by atoms with Gasteiger partial charge in [-0.25, -0.2) is 0 Å². The zero-order valence-corrected chi connectivity index (χ0v) is 11.4. The summed E-state index contributed by atoms with van der Waals surface area (Å²) in [6.07, 6.45) is 3.78. The first-order valence-electron chi connectivity index (χ1n) is 5.94. The van der Waals surface area contributed by atoms with Crippen molar-refractivity contribution in [3.05, 3.63) is 32.8 Å². The van der Waals surface area contributed by atoms with Crippen molar-refractivity contribution in [2.24, 2.45) is 5.73 Å². The molecule has 0 radical (unpaired) electrons. The lowest BCUT2D eigenvalue weighted by Crippen LogP contribution is -2.41. The summed E-state index contributed by atoms with van der Waals surface area (Å²) < 4.78 is 6.50. The van der Waals surface area contributed by atoms with Crippen LogP contribution in [0.1, 0.15) is 25.7 Å². The van der Waals surface area contributed by atoms with E-state index in [1.54, 1.807) is 12.1 Å². The van der Waals surface area contributed by atoms with Crippen molar-refractivity contribution in [2.45, 2.75) is 37.8 Å². The van der Waals surface area contributed by atoms with E-state index >= 15 is 0 Å². The van der Waals surface area contributed by atoms with E-state index in [0.29, 0.717) is 0 Å². The Morgan fingerprint density at radius 3 is 2.78 bits per heavy atom. The first-order chi connectivity index (χ1) is 8.58. The highest BCUT2D eigenvalue weighted by Crippen LogP contribution is 2.33. The van der Waals surface area contributed by atoms with E-state index in [1.807, 2.05) is 0 Å². The maximum Gasteiger partial charge on any atom is 0.311 e. The van der Waals surface area contributed by atoms with E-state index in [-0.39, 0.29) is 23.6 Å². The number of rotatable bonds is 3. The number of halogens is 1. The lowest BCUT2D eigenvalue weighted by molar-refractivity contribution is -0.386. The third-order valence-corrected chi connectivity index (χ3v) is 3.64. The van der Waals surface area contributed by atoms with Crippen LogP contribution >= 0.6 is 15.9 Å². The van der Waals surface area contributed by atoms with Gasteiger partial charge < -0.3 is 10.5 Å². The first-order valence-corrected chi connectivity index (χ1v) is 6.73. The second-order valence-corrected chi connectivity index (χ2v) is 5.39. The molecule has 0 amide bonds. The molecule has 0 aromatic heterocycles. The highest BCUT2D eigenvalue weighted by molar-refractivity contribution is 9.10. The second kappa shape index (κ2) is 5.67. The molecule has 98 valence electrons. The molecule has 0 bridgehead atoms. The molecule has 1 fully saturated rings. The highest BCUT2D eigenvalue weighted by atomic mass is 79.9. The summed E-state index contributed by atoms with van der Waals surface area (Å²) in [4.78, 5) is 10.5.